The van der Waals surface area contributed by atoms with E-state index in [0.29, 0.717) is 25.0 Å². The van der Waals surface area contributed by atoms with E-state index in [0.717, 1.165) is 50.8 Å². The van der Waals surface area contributed by atoms with Crippen LogP contribution in [0.1, 0.15) is 31.4 Å². The zero-order chi connectivity index (χ0) is 22.8. The smallest absolute Gasteiger partial charge is 0.250 e. The molecule has 7 nitrogen and oxygen atoms in total. The molecule has 1 aromatic heterocycles. The van der Waals surface area contributed by atoms with Crippen LogP contribution in [0, 0.1) is 5.92 Å². The zero-order valence-electron chi connectivity index (χ0n) is 19.6. The summed E-state index contributed by atoms with van der Waals surface area (Å²) in [5.41, 5.74) is 2.29. The minimum Gasteiger partial charge on any atom is -0.379 e. The number of aliphatic imine (C=N–C) groups is 1. The van der Waals surface area contributed by atoms with E-state index in [-0.39, 0.29) is 5.56 Å². The Morgan fingerprint density at radius 3 is 2.44 bits per heavy atom. The molecule has 2 aromatic rings. The van der Waals surface area contributed by atoms with Gasteiger partial charge in [0, 0.05) is 51.5 Å². The summed E-state index contributed by atoms with van der Waals surface area (Å²) in [7, 11) is 1.81. The lowest BCUT2D eigenvalue weighted by molar-refractivity contribution is 0.0132. The van der Waals surface area contributed by atoms with Gasteiger partial charge in [-0.2, -0.15) is 0 Å². The maximum absolute atomic E-state index is 11.9. The van der Waals surface area contributed by atoms with E-state index in [4.69, 9.17) is 4.74 Å². The quantitative estimate of drug-likeness (QED) is 0.464. The summed E-state index contributed by atoms with van der Waals surface area (Å²) in [6.07, 6.45) is 2.97. The molecule has 0 radical (unpaired) electrons. The first kappa shape index (κ1) is 24.0. The highest BCUT2D eigenvalue weighted by atomic mass is 16.5. The minimum absolute atomic E-state index is 0.0148. The van der Waals surface area contributed by atoms with Crippen LogP contribution in [0.25, 0.3) is 0 Å². The van der Waals surface area contributed by atoms with Crippen molar-refractivity contribution in [1.29, 1.82) is 0 Å². The van der Waals surface area contributed by atoms with Crippen molar-refractivity contribution < 1.29 is 4.74 Å². The van der Waals surface area contributed by atoms with Gasteiger partial charge in [-0.15, -0.1) is 0 Å². The molecule has 1 fully saturated rings. The molecule has 174 valence electrons. The molecule has 1 aromatic carbocycles. The van der Waals surface area contributed by atoms with Gasteiger partial charge < -0.3 is 19.9 Å². The number of guanidine groups is 1. The minimum atomic E-state index is 0.0148. The molecule has 2 heterocycles. The first-order chi connectivity index (χ1) is 15.5. The van der Waals surface area contributed by atoms with Crippen LogP contribution in [-0.2, 0) is 17.8 Å². The van der Waals surface area contributed by atoms with Crippen LogP contribution >= 0.6 is 0 Å². The van der Waals surface area contributed by atoms with Crippen LogP contribution in [-0.4, -0.2) is 61.4 Å². The Labute approximate surface area is 191 Å². The van der Waals surface area contributed by atoms with Crippen LogP contribution in [0.4, 0.5) is 0 Å². The topological polar surface area (TPSA) is 70.9 Å². The number of morpholine rings is 1. The molecule has 2 N–H and O–H groups in total. The Bertz CT molecular complexity index is 901. The second-order valence-electron chi connectivity index (χ2n) is 8.72. The molecule has 0 spiro atoms. The van der Waals surface area contributed by atoms with Gasteiger partial charge in [-0.25, -0.2) is 0 Å². The third-order valence-corrected chi connectivity index (χ3v) is 5.77. The highest BCUT2D eigenvalue weighted by molar-refractivity contribution is 5.79. The molecule has 0 amide bonds. The van der Waals surface area contributed by atoms with Gasteiger partial charge in [-0.1, -0.05) is 44.2 Å². The standard InChI is InChI=1S/C25H37N5O2/c1-20(2)16-23(29-12-14-32-15-13-29)18-28-25(26-3)27-17-21-7-9-22(10-8-21)19-30-11-5-4-6-24(30)31/h4-11,20,23H,12-19H2,1-3H3,(H2,26,27,28). The van der Waals surface area contributed by atoms with Gasteiger partial charge in [-0.3, -0.25) is 14.7 Å². The van der Waals surface area contributed by atoms with E-state index in [2.05, 4.69) is 58.6 Å². The summed E-state index contributed by atoms with van der Waals surface area (Å²) in [5.74, 6) is 1.46. The first-order valence-electron chi connectivity index (χ1n) is 11.5. The fourth-order valence-electron chi connectivity index (χ4n) is 4.02. The third kappa shape index (κ3) is 7.50. The van der Waals surface area contributed by atoms with Crippen molar-refractivity contribution in [2.24, 2.45) is 10.9 Å². The number of benzene rings is 1. The molecule has 0 saturated carbocycles. The first-order valence-corrected chi connectivity index (χ1v) is 11.5. The van der Waals surface area contributed by atoms with Crippen molar-refractivity contribution in [2.45, 2.75) is 39.4 Å². The number of aromatic nitrogens is 1. The van der Waals surface area contributed by atoms with Gasteiger partial charge in [-0.05, 0) is 29.5 Å². The highest BCUT2D eigenvalue weighted by Gasteiger charge is 2.22. The fraction of sp³-hybridized carbons (Fsp3) is 0.520. The molecule has 7 heteroatoms. The molecule has 3 rings (SSSR count). The van der Waals surface area contributed by atoms with Crippen LogP contribution in [0.2, 0.25) is 0 Å². The molecule has 1 aliphatic heterocycles. The van der Waals surface area contributed by atoms with Gasteiger partial charge in [0.2, 0.25) is 0 Å². The van der Waals surface area contributed by atoms with E-state index in [1.54, 1.807) is 16.7 Å². The summed E-state index contributed by atoms with van der Waals surface area (Å²) in [6, 6.07) is 14.0. The predicted molar refractivity (Wildman–Crippen MR) is 130 cm³/mol. The highest BCUT2D eigenvalue weighted by Crippen LogP contribution is 2.13. The van der Waals surface area contributed by atoms with E-state index >= 15 is 0 Å². The largest absolute Gasteiger partial charge is 0.379 e. The Balaban J connectivity index is 1.49. The Kier molecular flexibility index (Phi) is 9.31. The number of rotatable bonds is 9. The summed E-state index contributed by atoms with van der Waals surface area (Å²) < 4.78 is 7.23. The molecule has 0 bridgehead atoms. The third-order valence-electron chi connectivity index (χ3n) is 5.77. The maximum atomic E-state index is 11.9. The fourth-order valence-corrected chi connectivity index (χ4v) is 4.02. The van der Waals surface area contributed by atoms with Crippen molar-refractivity contribution in [2.75, 3.05) is 39.9 Å². The molecule has 1 unspecified atom stereocenters. The monoisotopic (exact) mass is 439 g/mol. The molecule has 0 aliphatic carbocycles. The lowest BCUT2D eigenvalue weighted by atomic mass is 10.0. The second-order valence-corrected chi connectivity index (χ2v) is 8.72. The van der Waals surface area contributed by atoms with Crippen molar-refractivity contribution in [1.82, 2.24) is 20.1 Å². The zero-order valence-corrected chi connectivity index (χ0v) is 19.6. The number of pyridine rings is 1. The lowest BCUT2D eigenvalue weighted by Gasteiger charge is -2.35. The number of nitrogens with one attached hydrogen (secondary N) is 2. The summed E-state index contributed by atoms with van der Waals surface area (Å²) >= 11 is 0. The van der Waals surface area contributed by atoms with Crippen LogP contribution in [0.3, 0.4) is 0 Å². The molecule has 1 saturated heterocycles. The van der Waals surface area contributed by atoms with E-state index in [1.807, 2.05) is 19.3 Å². The number of hydrogen-bond donors (Lipinski definition) is 2. The van der Waals surface area contributed by atoms with Crippen LogP contribution < -0.4 is 16.2 Å². The van der Waals surface area contributed by atoms with Gasteiger partial charge >= 0.3 is 0 Å². The molecule has 1 atom stereocenters. The Morgan fingerprint density at radius 1 is 1.06 bits per heavy atom. The molecular formula is C25H37N5O2. The SMILES string of the molecule is CN=C(NCc1ccc(Cn2ccccc2=O)cc1)NCC(CC(C)C)N1CCOCC1. The van der Waals surface area contributed by atoms with Gasteiger partial charge in [0.05, 0.1) is 19.8 Å². The summed E-state index contributed by atoms with van der Waals surface area (Å²) in [4.78, 5) is 18.8. The predicted octanol–water partition coefficient (Wildman–Crippen LogP) is 2.31. The normalized spacial score (nSPS) is 16.2. The van der Waals surface area contributed by atoms with E-state index < -0.39 is 0 Å². The molecular weight excluding hydrogens is 402 g/mol. The van der Waals surface area contributed by atoms with E-state index in [1.165, 1.54) is 5.56 Å². The van der Waals surface area contributed by atoms with Crippen molar-refractivity contribution >= 4 is 5.96 Å². The van der Waals surface area contributed by atoms with Crippen molar-refractivity contribution in [3.8, 4) is 0 Å². The van der Waals surface area contributed by atoms with Gasteiger partial charge in [0.1, 0.15) is 0 Å². The number of nitrogens with zero attached hydrogens (tertiary/aromatic N) is 3. The maximum Gasteiger partial charge on any atom is 0.250 e. The Hall–Kier alpha value is -2.64. The van der Waals surface area contributed by atoms with E-state index in [9.17, 15) is 4.79 Å². The van der Waals surface area contributed by atoms with Gasteiger partial charge in [0.15, 0.2) is 5.96 Å². The summed E-state index contributed by atoms with van der Waals surface area (Å²) in [6.45, 7) is 10.3. The second kappa shape index (κ2) is 12.4. The van der Waals surface area contributed by atoms with Crippen LogP contribution in [0.5, 0.6) is 0 Å². The average molecular weight is 440 g/mol. The van der Waals surface area contributed by atoms with Crippen LogP contribution in [0.15, 0.2) is 58.4 Å². The molecule has 32 heavy (non-hydrogen) atoms. The number of hydrogen-bond acceptors (Lipinski definition) is 4. The summed E-state index contributed by atoms with van der Waals surface area (Å²) in [5, 5.41) is 6.93. The molecule has 1 aliphatic rings. The average Bonchev–Trinajstić information content (AvgIpc) is 2.81. The Morgan fingerprint density at radius 2 is 1.78 bits per heavy atom. The lowest BCUT2D eigenvalue weighted by Crippen LogP contribution is -2.50. The van der Waals surface area contributed by atoms with Crippen molar-refractivity contribution in [3.05, 3.63) is 70.1 Å². The van der Waals surface area contributed by atoms with Gasteiger partial charge in [0.25, 0.3) is 5.56 Å². The number of ether oxygens (including phenoxy) is 1. The van der Waals surface area contributed by atoms with Crippen molar-refractivity contribution in [3.63, 3.8) is 0 Å².